The zero-order valence-electron chi connectivity index (χ0n) is 16.4. The van der Waals surface area contributed by atoms with E-state index in [1.54, 1.807) is 0 Å². The normalized spacial score (nSPS) is 19.6. The molecule has 4 rings (SSSR count). The number of nitrogens with zero attached hydrogens (tertiary/aromatic N) is 1. The maximum atomic E-state index is 12.0. The van der Waals surface area contributed by atoms with Gasteiger partial charge < -0.3 is 9.84 Å². The summed E-state index contributed by atoms with van der Waals surface area (Å²) in [5, 5.41) is 12.6. The Bertz CT molecular complexity index is 918. The molecule has 0 spiro atoms. The molecule has 1 aliphatic heterocycles. The smallest absolute Gasteiger partial charge is 0.121 e. The summed E-state index contributed by atoms with van der Waals surface area (Å²) in [6.45, 7) is 2.94. The molecule has 29 heavy (non-hydrogen) atoms. The predicted molar refractivity (Wildman–Crippen MR) is 117 cm³/mol. The predicted octanol–water partition coefficient (Wildman–Crippen LogP) is 4.67. The number of rotatable bonds is 6. The van der Waals surface area contributed by atoms with Gasteiger partial charge in [-0.05, 0) is 22.8 Å². The lowest BCUT2D eigenvalue weighted by molar-refractivity contribution is -0.149. The van der Waals surface area contributed by atoms with Gasteiger partial charge in [-0.15, -0.1) is 0 Å². The van der Waals surface area contributed by atoms with Crippen molar-refractivity contribution in [1.29, 1.82) is 0 Å². The summed E-state index contributed by atoms with van der Waals surface area (Å²) in [7, 11) is 0. The van der Waals surface area contributed by atoms with Crippen molar-refractivity contribution >= 4 is 11.6 Å². The van der Waals surface area contributed by atoms with Crippen LogP contribution in [0.3, 0.4) is 0 Å². The average molecular weight is 408 g/mol. The number of ether oxygens (including phenoxy) is 1. The van der Waals surface area contributed by atoms with E-state index in [4.69, 9.17) is 16.3 Å². The Morgan fingerprint density at radius 1 is 0.931 bits per heavy atom. The first-order valence-corrected chi connectivity index (χ1v) is 10.4. The minimum absolute atomic E-state index is 0.348. The van der Waals surface area contributed by atoms with Crippen LogP contribution in [0.2, 0.25) is 5.02 Å². The third kappa shape index (κ3) is 4.71. The van der Waals surface area contributed by atoms with E-state index in [0.29, 0.717) is 24.6 Å². The molecule has 0 radical (unpaired) electrons. The van der Waals surface area contributed by atoms with Gasteiger partial charge in [-0.3, -0.25) is 4.90 Å². The van der Waals surface area contributed by atoms with E-state index < -0.39 is 5.60 Å². The summed E-state index contributed by atoms with van der Waals surface area (Å²) in [5.74, 6) is 0. The van der Waals surface area contributed by atoms with Gasteiger partial charge in [-0.2, -0.15) is 0 Å². The minimum Gasteiger partial charge on any atom is -0.382 e. The Morgan fingerprint density at radius 3 is 2.31 bits per heavy atom. The van der Waals surface area contributed by atoms with Crippen LogP contribution in [-0.2, 0) is 23.3 Å². The SMILES string of the molecule is O[C@](Cc1ccccc1Cl)(c1ccccc1)[C@H]1CN(Cc2ccccc2)CCO1. The molecule has 2 atom stereocenters. The van der Waals surface area contributed by atoms with Crippen molar-refractivity contribution in [3.8, 4) is 0 Å². The van der Waals surface area contributed by atoms with Crippen molar-refractivity contribution in [3.05, 3.63) is 107 Å². The number of benzene rings is 3. The zero-order chi connectivity index (χ0) is 20.1. The molecule has 1 saturated heterocycles. The molecule has 4 heteroatoms. The molecule has 0 aliphatic carbocycles. The molecule has 0 unspecified atom stereocenters. The van der Waals surface area contributed by atoms with Crippen molar-refractivity contribution in [2.75, 3.05) is 19.7 Å². The van der Waals surface area contributed by atoms with E-state index in [9.17, 15) is 5.11 Å². The van der Waals surface area contributed by atoms with Gasteiger partial charge in [-0.25, -0.2) is 0 Å². The number of halogens is 1. The summed E-state index contributed by atoms with van der Waals surface area (Å²) in [5.41, 5.74) is 1.88. The lowest BCUT2D eigenvalue weighted by Crippen LogP contribution is -2.53. The van der Waals surface area contributed by atoms with Crippen LogP contribution in [0.5, 0.6) is 0 Å². The molecule has 1 fully saturated rings. The lowest BCUT2D eigenvalue weighted by Gasteiger charge is -2.42. The second-order valence-electron chi connectivity index (χ2n) is 7.64. The molecule has 150 valence electrons. The van der Waals surface area contributed by atoms with Crippen molar-refractivity contribution in [3.63, 3.8) is 0 Å². The molecule has 0 saturated carbocycles. The van der Waals surface area contributed by atoms with E-state index in [0.717, 1.165) is 24.2 Å². The van der Waals surface area contributed by atoms with E-state index in [1.165, 1.54) is 5.56 Å². The van der Waals surface area contributed by atoms with E-state index >= 15 is 0 Å². The van der Waals surface area contributed by atoms with Crippen LogP contribution in [0.15, 0.2) is 84.9 Å². The van der Waals surface area contributed by atoms with Gasteiger partial charge >= 0.3 is 0 Å². The highest BCUT2D eigenvalue weighted by atomic mass is 35.5. The van der Waals surface area contributed by atoms with E-state index in [2.05, 4.69) is 29.2 Å². The zero-order valence-corrected chi connectivity index (χ0v) is 17.1. The summed E-state index contributed by atoms with van der Waals surface area (Å²) < 4.78 is 6.14. The van der Waals surface area contributed by atoms with Gasteiger partial charge in [-0.1, -0.05) is 90.5 Å². The Hall–Kier alpha value is -2.17. The number of hydrogen-bond acceptors (Lipinski definition) is 3. The standard InChI is InChI=1S/C25H26ClNO2/c26-23-14-8-7-11-21(23)17-25(28,22-12-5-2-6-13-22)24-19-27(15-16-29-24)18-20-9-3-1-4-10-20/h1-14,24,28H,15-19H2/t24-,25-/m1/s1. The fraction of sp³-hybridized carbons (Fsp3) is 0.280. The van der Waals surface area contributed by atoms with E-state index in [-0.39, 0.29) is 6.10 Å². The van der Waals surface area contributed by atoms with Gasteiger partial charge in [0.15, 0.2) is 0 Å². The minimum atomic E-state index is -1.17. The molecule has 3 aromatic rings. The highest BCUT2D eigenvalue weighted by Crippen LogP contribution is 2.35. The van der Waals surface area contributed by atoms with Crippen LogP contribution in [0.1, 0.15) is 16.7 Å². The largest absolute Gasteiger partial charge is 0.382 e. The third-order valence-corrected chi connectivity index (χ3v) is 5.99. The Labute approximate surface area is 177 Å². The van der Waals surface area contributed by atoms with Gasteiger partial charge in [0.1, 0.15) is 11.7 Å². The second-order valence-corrected chi connectivity index (χ2v) is 8.05. The van der Waals surface area contributed by atoms with Crippen LogP contribution < -0.4 is 0 Å². The summed E-state index contributed by atoms with van der Waals surface area (Å²) in [6, 6.07) is 27.9. The van der Waals surface area contributed by atoms with Crippen molar-refractivity contribution in [2.45, 2.75) is 24.7 Å². The Kier molecular flexibility index (Phi) is 6.31. The Morgan fingerprint density at radius 2 is 1.59 bits per heavy atom. The maximum absolute atomic E-state index is 12.0. The first-order valence-electron chi connectivity index (χ1n) is 10.0. The average Bonchev–Trinajstić information content (AvgIpc) is 2.77. The fourth-order valence-electron chi connectivity index (χ4n) is 4.04. The van der Waals surface area contributed by atoms with Crippen molar-refractivity contribution in [1.82, 2.24) is 4.90 Å². The summed E-state index contributed by atoms with van der Waals surface area (Å²) in [6.07, 6.45) is 0.0548. The molecule has 3 aromatic carbocycles. The molecular formula is C25H26ClNO2. The molecule has 1 N–H and O–H groups in total. The monoisotopic (exact) mass is 407 g/mol. The molecule has 3 nitrogen and oxygen atoms in total. The van der Waals surface area contributed by atoms with Crippen molar-refractivity contribution in [2.24, 2.45) is 0 Å². The van der Waals surface area contributed by atoms with Crippen LogP contribution in [0, 0.1) is 0 Å². The van der Waals surface area contributed by atoms with Gasteiger partial charge in [0.25, 0.3) is 0 Å². The molecule has 0 aromatic heterocycles. The molecular weight excluding hydrogens is 382 g/mol. The Balaban J connectivity index is 1.61. The molecule has 0 amide bonds. The first kappa shape index (κ1) is 20.1. The van der Waals surface area contributed by atoms with Gasteiger partial charge in [0, 0.05) is 31.1 Å². The fourth-order valence-corrected chi connectivity index (χ4v) is 4.24. The summed E-state index contributed by atoms with van der Waals surface area (Å²) >= 11 is 6.43. The first-order chi connectivity index (χ1) is 14.1. The van der Waals surface area contributed by atoms with Crippen LogP contribution >= 0.6 is 11.6 Å². The molecule has 0 bridgehead atoms. The number of aliphatic hydroxyl groups is 1. The number of morpholine rings is 1. The lowest BCUT2D eigenvalue weighted by atomic mass is 9.81. The van der Waals surface area contributed by atoms with Crippen LogP contribution in [0.25, 0.3) is 0 Å². The topological polar surface area (TPSA) is 32.7 Å². The molecule has 1 heterocycles. The van der Waals surface area contributed by atoms with Gasteiger partial charge in [0.05, 0.1) is 6.61 Å². The molecule has 1 aliphatic rings. The van der Waals surface area contributed by atoms with Crippen LogP contribution in [0.4, 0.5) is 0 Å². The van der Waals surface area contributed by atoms with Crippen LogP contribution in [-0.4, -0.2) is 35.8 Å². The maximum Gasteiger partial charge on any atom is 0.121 e. The van der Waals surface area contributed by atoms with Gasteiger partial charge in [0.2, 0.25) is 0 Å². The third-order valence-electron chi connectivity index (χ3n) is 5.62. The highest BCUT2D eigenvalue weighted by Gasteiger charge is 2.42. The second kappa shape index (κ2) is 9.10. The number of hydrogen-bond donors (Lipinski definition) is 1. The van der Waals surface area contributed by atoms with E-state index in [1.807, 2.05) is 60.7 Å². The van der Waals surface area contributed by atoms with Crippen molar-refractivity contribution < 1.29 is 9.84 Å². The summed E-state index contributed by atoms with van der Waals surface area (Å²) in [4.78, 5) is 2.35. The quantitative estimate of drug-likeness (QED) is 0.644. The highest BCUT2D eigenvalue weighted by molar-refractivity contribution is 6.31.